The summed E-state index contributed by atoms with van der Waals surface area (Å²) < 4.78 is 23.8. The zero-order valence-electron chi connectivity index (χ0n) is 10.0. The maximum atomic E-state index is 12.3. The highest BCUT2D eigenvalue weighted by molar-refractivity contribution is 7.92. The van der Waals surface area contributed by atoms with E-state index in [1.165, 1.54) is 0 Å². The van der Waals surface area contributed by atoms with Crippen LogP contribution in [0.2, 0.25) is 0 Å². The van der Waals surface area contributed by atoms with Crippen LogP contribution in [0.1, 0.15) is 25.8 Å². The van der Waals surface area contributed by atoms with Crippen LogP contribution in [0.5, 0.6) is 0 Å². The molecule has 0 aliphatic rings. The van der Waals surface area contributed by atoms with Gasteiger partial charge < -0.3 is 5.73 Å². The molecule has 16 heavy (non-hydrogen) atoms. The summed E-state index contributed by atoms with van der Waals surface area (Å²) in [5.41, 5.74) is 6.50. The van der Waals surface area contributed by atoms with Gasteiger partial charge >= 0.3 is 0 Å². The predicted molar refractivity (Wildman–Crippen MR) is 66.1 cm³/mol. The third kappa shape index (κ3) is 2.44. The summed E-state index contributed by atoms with van der Waals surface area (Å²) in [7, 11) is -3.30. The zero-order valence-corrected chi connectivity index (χ0v) is 10.8. The van der Waals surface area contributed by atoms with Crippen LogP contribution in [0, 0.1) is 6.92 Å². The van der Waals surface area contributed by atoms with Crippen LogP contribution < -0.4 is 5.73 Å². The van der Waals surface area contributed by atoms with E-state index in [1.54, 1.807) is 26.0 Å². The van der Waals surface area contributed by atoms with Crippen molar-refractivity contribution in [1.82, 2.24) is 0 Å². The molecule has 4 heteroatoms. The summed E-state index contributed by atoms with van der Waals surface area (Å²) >= 11 is 0. The normalized spacial score (nSPS) is 12.8. The molecule has 0 saturated carbocycles. The molecule has 0 unspecified atom stereocenters. The predicted octanol–water partition coefficient (Wildman–Crippen LogP) is 1.90. The van der Waals surface area contributed by atoms with Crippen LogP contribution in [0.4, 0.5) is 0 Å². The summed E-state index contributed by atoms with van der Waals surface area (Å²) in [6, 6.07) is 6.93. The molecule has 0 amide bonds. The van der Waals surface area contributed by atoms with E-state index < -0.39 is 14.6 Å². The maximum absolute atomic E-state index is 12.3. The van der Waals surface area contributed by atoms with Gasteiger partial charge in [0.1, 0.15) is 0 Å². The van der Waals surface area contributed by atoms with Crippen molar-refractivity contribution in [3.63, 3.8) is 0 Å². The lowest BCUT2D eigenvalue weighted by atomic mass is 10.1. The van der Waals surface area contributed by atoms with Crippen molar-refractivity contribution in [1.29, 1.82) is 0 Å². The largest absolute Gasteiger partial charge is 0.330 e. The fourth-order valence-corrected chi connectivity index (χ4v) is 3.04. The Kier molecular flexibility index (Phi) is 3.76. The first kappa shape index (κ1) is 13.2. The standard InChI is InChI=1S/C12H19NO2S/c1-10-4-6-11(7-5-10)16(14,15)12(2,3)8-9-13/h4-7H,8-9,13H2,1-3H3. The van der Waals surface area contributed by atoms with Gasteiger partial charge in [0, 0.05) is 0 Å². The number of benzene rings is 1. The van der Waals surface area contributed by atoms with Crippen LogP contribution in [0.3, 0.4) is 0 Å². The minimum atomic E-state index is -3.30. The molecule has 1 rings (SSSR count). The fourth-order valence-electron chi connectivity index (χ4n) is 1.52. The fraction of sp³-hybridized carbons (Fsp3) is 0.500. The Morgan fingerprint density at radius 3 is 2.12 bits per heavy atom. The second kappa shape index (κ2) is 4.55. The van der Waals surface area contributed by atoms with Crippen LogP contribution in [0.25, 0.3) is 0 Å². The summed E-state index contributed by atoms with van der Waals surface area (Å²) in [6.45, 7) is 5.74. The average molecular weight is 241 g/mol. The highest BCUT2D eigenvalue weighted by atomic mass is 32.2. The first-order valence-electron chi connectivity index (χ1n) is 5.32. The minimum Gasteiger partial charge on any atom is -0.330 e. The van der Waals surface area contributed by atoms with Crippen molar-refractivity contribution >= 4 is 9.84 Å². The van der Waals surface area contributed by atoms with Crippen molar-refractivity contribution in [2.24, 2.45) is 5.73 Å². The van der Waals surface area contributed by atoms with Crippen LogP contribution >= 0.6 is 0 Å². The molecule has 2 N–H and O–H groups in total. The van der Waals surface area contributed by atoms with Gasteiger partial charge in [-0.25, -0.2) is 8.42 Å². The van der Waals surface area contributed by atoms with Crippen molar-refractivity contribution in [3.05, 3.63) is 29.8 Å². The molecule has 0 aliphatic heterocycles. The number of aryl methyl sites for hydroxylation is 1. The van der Waals surface area contributed by atoms with Gasteiger partial charge in [0.2, 0.25) is 0 Å². The number of hydrogen-bond acceptors (Lipinski definition) is 3. The Labute approximate surface area is 97.6 Å². The monoisotopic (exact) mass is 241 g/mol. The lowest BCUT2D eigenvalue weighted by Crippen LogP contribution is -2.34. The molecule has 0 saturated heterocycles. The Morgan fingerprint density at radius 2 is 1.69 bits per heavy atom. The van der Waals surface area contributed by atoms with Gasteiger partial charge in [-0.3, -0.25) is 0 Å². The van der Waals surface area contributed by atoms with Crippen molar-refractivity contribution in [3.8, 4) is 0 Å². The second-order valence-electron chi connectivity index (χ2n) is 4.61. The lowest BCUT2D eigenvalue weighted by Gasteiger charge is -2.24. The first-order valence-corrected chi connectivity index (χ1v) is 6.81. The number of rotatable bonds is 4. The van der Waals surface area contributed by atoms with Crippen LogP contribution in [0.15, 0.2) is 29.2 Å². The Bertz CT molecular complexity index is 446. The Morgan fingerprint density at radius 1 is 1.19 bits per heavy atom. The van der Waals surface area contributed by atoms with Crippen LogP contribution in [-0.2, 0) is 9.84 Å². The molecule has 0 aromatic heterocycles. The molecule has 0 radical (unpaired) electrons. The number of sulfone groups is 1. The highest BCUT2D eigenvalue weighted by Gasteiger charge is 2.34. The molecule has 0 atom stereocenters. The van der Waals surface area contributed by atoms with E-state index in [0.717, 1.165) is 5.56 Å². The van der Waals surface area contributed by atoms with E-state index >= 15 is 0 Å². The van der Waals surface area contributed by atoms with Gasteiger partial charge in [-0.2, -0.15) is 0 Å². The van der Waals surface area contributed by atoms with E-state index in [0.29, 0.717) is 17.9 Å². The smallest absolute Gasteiger partial charge is 0.183 e. The molecular formula is C12H19NO2S. The molecule has 0 spiro atoms. The zero-order chi connectivity index (χ0) is 12.4. The molecule has 0 bridgehead atoms. The molecule has 90 valence electrons. The number of nitrogens with two attached hydrogens (primary N) is 1. The summed E-state index contributed by atoms with van der Waals surface area (Å²) in [5, 5.41) is 0. The van der Waals surface area contributed by atoms with E-state index in [2.05, 4.69) is 0 Å². The van der Waals surface area contributed by atoms with E-state index in [9.17, 15) is 8.42 Å². The summed E-state index contributed by atoms with van der Waals surface area (Å²) in [4.78, 5) is 0.372. The highest BCUT2D eigenvalue weighted by Crippen LogP contribution is 2.27. The van der Waals surface area contributed by atoms with Gasteiger partial charge in [-0.1, -0.05) is 17.7 Å². The second-order valence-corrected chi connectivity index (χ2v) is 7.20. The van der Waals surface area contributed by atoms with E-state index in [4.69, 9.17) is 5.73 Å². The van der Waals surface area contributed by atoms with Crippen molar-refractivity contribution in [2.45, 2.75) is 36.8 Å². The summed E-state index contributed by atoms with van der Waals surface area (Å²) in [5.74, 6) is 0. The van der Waals surface area contributed by atoms with Crippen molar-refractivity contribution < 1.29 is 8.42 Å². The Balaban J connectivity index is 3.16. The van der Waals surface area contributed by atoms with Gasteiger partial charge in [0.05, 0.1) is 9.64 Å². The van der Waals surface area contributed by atoms with E-state index in [-0.39, 0.29) is 0 Å². The average Bonchev–Trinajstić information content (AvgIpc) is 2.18. The SMILES string of the molecule is Cc1ccc(S(=O)(=O)C(C)(C)CCN)cc1. The molecule has 1 aromatic rings. The molecular weight excluding hydrogens is 222 g/mol. The van der Waals surface area contributed by atoms with E-state index in [1.807, 2.05) is 19.1 Å². The van der Waals surface area contributed by atoms with Crippen LogP contribution in [-0.4, -0.2) is 19.7 Å². The topological polar surface area (TPSA) is 60.2 Å². The molecule has 0 fully saturated rings. The van der Waals surface area contributed by atoms with Gasteiger partial charge in [0.15, 0.2) is 9.84 Å². The van der Waals surface area contributed by atoms with Gasteiger partial charge in [-0.15, -0.1) is 0 Å². The lowest BCUT2D eigenvalue weighted by molar-refractivity contribution is 0.530. The minimum absolute atomic E-state index is 0.372. The molecule has 0 heterocycles. The van der Waals surface area contributed by atoms with Crippen molar-refractivity contribution in [2.75, 3.05) is 6.54 Å². The molecule has 1 aromatic carbocycles. The number of hydrogen-bond donors (Lipinski definition) is 1. The maximum Gasteiger partial charge on any atom is 0.183 e. The van der Waals surface area contributed by atoms with Gasteiger partial charge in [0.25, 0.3) is 0 Å². The molecule has 0 aliphatic carbocycles. The summed E-state index contributed by atoms with van der Waals surface area (Å²) in [6.07, 6.45) is 0.462. The quantitative estimate of drug-likeness (QED) is 0.875. The molecule has 3 nitrogen and oxygen atoms in total. The first-order chi connectivity index (χ1) is 7.31. The third-order valence-electron chi connectivity index (χ3n) is 2.81. The Hall–Kier alpha value is -0.870. The third-order valence-corrected chi connectivity index (χ3v) is 5.36. The van der Waals surface area contributed by atoms with Gasteiger partial charge in [-0.05, 0) is 45.9 Å².